The van der Waals surface area contributed by atoms with E-state index >= 15 is 0 Å². The molecule has 1 N–H and O–H groups in total. The molecule has 0 radical (unpaired) electrons. The first-order chi connectivity index (χ1) is 12.8. The molecule has 0 aliphatic heterocycles. The molecular weight excluding hydrogens is 366 g/mol. The van der Waals surface area contributed by atoms with E-state index in [1.54, 1.807) is 58.0 Å². The molecular formula is C19H25N3O4S. The molecule has 0 fully saturated rings. The minimum absolute atomic E-state index is 0.0306. The van der Waals surface area contributed by atoms with Gasteiger partial charge in [-0.1, -0.05) is 19.9 Å². The summed E-state index contributed by atoms with van der Waals surface area (Å²) >= 11 is 0. The van der Waals surface area contributed by atoms with Crippen LogP contribution in [0, 0.1) is 6.92 Å². The molecule has 27 heavy (non-hydrogen) atoms. The van der Waals surface area contributed by atoms with Crippen molar-refractivity contribution < 1.29 is 17.9 Å². The fourth-order valence-corrected chi connectivity index (χ4v) is 4.24. The van der Waals surface area contributed by atoms with Crippen molar-refractivity contribution in [3.05, 3.63) is 47.8 Å². The Morgan fingerprint density at radius 2 is 1.85 bits per heavy atom. The van der Waals surface area contributed by atoms with Gasteiger partial charge in [-0.2, -0.15) is 4.31 Å². The number of sulfonamides is 1. The fourth-order valence-electron chi connectivity index (χ4n) is 2.63. The highest BCUT2D eigenvalue weighted by atomic mass is 32.2. The lowest BCUT2D eigenvalue weighted by Crippen LogP contribution is -2.31. The van der Waals surface area contributed by atoms with Crippen LogP contribution in [0.25, 0.3) is 0 Å². The molecule has 1 heterocycles. The average Bonchev–Trinajstić information content (AvgIpc) is 2.63. The monoisotopic (exact) mass is 391 g/mol. The minimum atomic E-state index is -3.74. The summed E-state index contributed by atoms with van der Waals surface area (Å²) in [7, 11) is -3.74. The van der Waals surface area contributed by atoms with Crippen LogP contribution in [0.3, 0.4) is 0 Å². The molecule has 0 aliphatic carbocycles. The Bertz CT molecular complexity index is 909. The van der Waals surface area contributed by atoms with Crippen LogP contribution in [0.4, 0.5) is 5.69 Å². The van der Waals surface area contributed by atoms with Crippen molar-refractivity contribution in [3.63, 3.8) is 0 Å². The molecule has 0 aliphatic rings. The van der Waals surface area contributed by atoms with E-state index in [0.717, 1.165) is 5.69 Å². The van der Waals surface area contributed by atoms with Gasteiger partial charge in [0.2, 0.25) is 10.0 Å². The van der Waals surface area contributed by atoms with Crippen LogP contribution in [0.5, 0.6) is 5.75 Å². The number of nitrogens with one attached hydrogen (secondary N) is 1. The van der Waals surface area contributed by atoms with Gasteiger partial charge in [-0.05, 0) is 44.2 Å². The van der Waals surface area contributed by atoms with E-state index in [0.29, 0.717) is 25.4 Å². The number of aromatic nitrogens is 1. The molecule has 7 nitrogen and oxygen atoms in total. The summed E-state index contributed by atoms with van der Waals surface area (Å²) in [6.07, 6.45) is 0. The lowest BCUT2D eigenvalue weighted by molar-refractivity contribution is 0.102. The highest BCUT2D eigenvalue weighted by molar-refractivity contribution is 7.89. The molecule has 1 amide bonds. The highest BCUT2D eigenvalue weighted by Crippen LogP contribution is 2.30. The predicted octanol–water partition coefficient (Wildman–Crippen LogP) is 3.07. The fraction of sp³-hybridized carbons (Fsp3) is 0.368. The first-order valence-electron chi connectivity index (χ1n) is 8.85. The lowest BCUT2D eigenvalue weighted by Gasteiger charge is -2.21. The van der Waals surface area contributed by atoms with E-state index in [1.165, 1.54) is 10.4 Å². The van der Waals surface area contributed by atoms with Crippen LogP contribution >= 0.6 is 0 Å². The third kappa shape index (κ3) is 4.84. The number of pyridine rings is 1. The summed E-state index contributed by atoms with van der Waals surface area (Å²) in [6.45, 7) is 8.14. The zero-order valence-electron chi connectivity index (χ0n) is 16.0. The Labute approximate surface area is 160 Å². The molecule has 2 rings (SSSR count). The summed E-state index contributed by atoms with van der Waals surface area (Å²) < 4.78 is 32.8. The summed E-state index contributed by atoms with van der Waals surface area (Å²) in [5, 5.41) is 2.70. The largest absolute Gasteiger partial charge is 0.492 e. The average molecular weight is 391 g/mol. The SMILES string of the molecule is CCOc1ccc(NC(=O)c2cccc(C)n2)cc1S(=O)(=O)N(CC)CC. The Kier molecular flexibility index (Phi) is 6.92. The van der Waals surface area contributed by atoms with Gasteiger partial charge in [0.05, 0.1) is 6.61 Å². The summed E-state index contributed by atoms with van der Waals surface area (Å²) in [4.78, 5) is 16.6. The van der Waals surface area contributed by atoms with E-state index in [1.807, 2.05) is 0 Å². The number of ether oxygens (including phenoxy) is 1. The second-order valence-electron chi connectivity index (χ2n) is 5.80. The van der Waals surface area contributed by atoms with Crippen LogP contribution in [0.15, 0.2) is 41.3 Å². The molecule has 1 aromatic heterocycles. The summed E-state index contributed by atoms with van der Waals surface area (Å²) in [5.74, 6) is -0.148. The second-order valence-corrected chi connectivity index (χ2v) is 7.71. The van der Waals surface area contributed by atoms with Gasteiger partial charge in [-0.25, -0.2) is 13.4 Å². The Hall–Kier alpha value is -2.45. The highest BCUT2D eigenvalue weighted by Gasteiger charge is 2.26. The molecule has 0 spiro atoms. The Morgan fingerprint density at radius 3 is 2.44 bits per heavy atom. The van der Waals surface area contributed by atoms with Crippen LogP contribution in [0.2, 0.25) is 0 Å². The van der Waals surface area contributed by atoms with Gasteiger partial charge in [0, 0.05) is 24.5 Å². The number of hydrogen-bond donors (Lipinski definition) is 1. The van der Waals surface area contributed by atoms with Gasteiger partial charge in [-0.3, -0.25) is 4.79 Å². The van der Waals surface area contributed by atoms with Gasteiger partial charge in [-0.15, -0.1) is 0 Å². The smallest absolute Gasteiger partial charge is 0.274 e. The van der Waals surface area contributed by atoms with E-state index in [4.69, 9.17) is 4.74 Å². The number of nitrogens with zero attached hydrogens (tertiary/aromatic N) is 2. The number of carbonyl (C=O) groups is 1. The number of aryl methyl sites for hydroxylation is 1. The molecule has 2 aromatic rings. The molecule has 0 bridgehead atoms. The van der Waals surface area contributed by atoms with Gasteiger partial charge in [0.15, 0.2) is 0 Å². The topological polar surface area (TPSA) is 88.6 Å². The second kappa shape index (κ2) is 8.96. The van der Waals surface area contributed by atoms with E-state index in [-0.39, 0.29) is 16.3 Å². The molecule has 0 atom stereocenters. The minimum Gasteiger partial charge on any atom is -0.492 e. The zero-order valence-corrected chi connectivity index (χ0v) is 16.8. The summed E-state index contributed by atoms with van der Waals surface area (Å²) in [6, 6.07) is 9.73. The van der Waals surface area contributed by atoms with Crippen molar-refractivity contribution in [1.29, 1.82) is 0 Å². The number of benzene rings is 1. The third-order valence-corrected chi connectivity index (χ3v) is 6.02. The zero-order chi connectivity index (χ0) is 20.0. The van der Waals surface area contributed by atoms with E-state index < -0.39 is 15.9 Å². The molecule has 0 saturated carbocycles. The van der Waals surface area contributed by atoms with Crippen LogP contribution < -0.4 is 10.1 Å². The van der Waals surface area contributed by atoms with E-state index in [9.17, 15) is 13.2 Å². The molecule has 0 unspecified atom stereocenters. The van der Waals surface area contributed by atoms with Crippen LogP contribution in [0.1, 0.15) is 37.0 Å². The number of amides is 1. The number of rotatable bonds is 8. The van der Waals surface area contributed by atoms with Crippen molar-refractivity contribution in [3.8, 4) is 5.75 Å². The number of hydrogen-bond acceptors (Lipinski definition) is 5. The van der Waals surface area contributed by atoms with Gasteiger partial charge in [0.1, 0.15) is 16.3 Å². The quantitative estimate of drug-likeness (QED) is 0.747. The normalized spacial score (nSPS) is 11.4. The standard InChI is InChI=1S/C19H25N3O4S/c1-5-22(6-2)27(24,25)18-13-15(11-12-17(18)26-7-3)21-19(23)16-10-8-9-14(4)20-16/h8-13H,5-7H2,1-4H3,(H,21,23). The maximum Gasteiger partial charge on any atom is 0.274 e. The molecule has 0 saturated heterocycles. The third-order valence-electron chi connectivity index (χ3n) is 3.95. The van der Waals surface area contributed by atoms with Gasteiger partial charge >= 0.3 is 0 Å². The van der Waals surface area contributed by atoms with Crippen molar-refractivity contribution >= 4 is 21.6 Å². The Balaban J connectivity index is 2.41. The van der Waals surface area contributed by atoms with Gasteiger partial charge < -0.3 is 10.1 Å². The van der Waals surface area contributed by atoms with Crippen LogP contribution in [-0.4, -0.2) is 43.3 Å². The molecule has 8 heteroatoms. The van der Waals surface area contributed by atoms with Crippen molar-refractivity contribution in [2.45, 2.75) is 32.6 Å². The van der Waals surface area contributed by atoms with E-state index in [2.05, 4.69) is 10.3 Å². The number of carbonyl (C=O) groups excluding carboxylic acids is 1. The maximum absolute atomic E-state index is 13.0. The van der Waals surface area contributed by atoms with Crippen molar-refractivity contribution in [1.82, 2.24) is 9.29 Å². The van der Waals surface area contributed by atoms with Crippen LogP contribution in [-0.2, 0) is 10.0 Å². The molecule has 146 valence electrons. The maximum atomic E-state index is 13.0. The van der Waals surface area contributed by atoms with Crippen molar-refractivity contribution in [2.24, 2.45) is 0 Å². The first kappa shape index (κ1) is 20.9. The number of anilines is 1. The summed E-state index contributed by atoms with van der Waals surface area (Å²) in [5.41, 5.74) is 1.34. The first-order valence-corrected chi connectivity index (χ1v) is 10.3. The predicted molar refractivity (Wildman–Crippen MR) is 105 cm³/mol. The van der Waals surface area contributed by atoms with Gasteiger partial charge in [0.25, 0.3) is 5.91 Å². The molecule has 1 aromatic carbocycles. The lowest BCUT2D eigenvalue weighted by atomic mass is 10.2. The van der Waals surface area contributed by atoms with Crippen molar-refractivity contribution in [2.75, 3.05) is 25.0 Å². The Morgan fingerprint density at radius 1 is 1.15 bits per heavy atom.